The smallest absolute Gasteiger partial charge is 0.273 e. The molecule has 0 aliphatic carbocycles. The topological polar surface area (TPSA) is 103 Å². The molecule has 2 aromatic rings. The van der Waals surface area contributed by atoms with Crippen LogP contribution in [0.15, 0.2) is 48.5 Å². The molecule has 0 heterocycles. The van der Waals surface area contributed by atoms with Gasteiger partial charge in [-0.1, -0.05) is 50.2 Å². The fourth-order valence-corrected chi connectivity index (χ4v) is 4.75. The van der Waals surface area contributed by atoms with Crippen molar-refractivity contribution in [3.05, 3.63) is 59.7 Å². The number of aliphatic hydroxyl groups is 1. The van der Waals surface area contributed by atoms with Crippen LogP contribution in [0.2, 0.25) is 0 Å². The van der Waals surface area contributed by atoms with Gasteiger partial charge in [0.15, 0.2) is 17.1 Å². The highest BCUT2D eigenvalue weighted by Crippen LogP contribution is 2.32. The molecule has 9 heteroatoms. The van der Waals surface area contributed by atoms with Gasteiger partial charge in [0.25, 0.3) is 5.91 Å². The predicted molar refractivity (Wildman–Crippen MR) is 154 cm³/mol. The molecule has 8 nitrogen and oxygen atoms in total. The minimum absolute atomic E-state index is 0.125. The number of methoxy groups -OCH3 is 3. The van der Waals surface area contributed by atoms with Crippen LogP contribution < -0.4 is 15.2 Å². The van der Waals surface area contributed by atoms with Crippen molar-refractivity contribution >= 4 is 17.7 Å². The third kappa shape index (κ3) is 9.36. The quantitative estimate of drug-likeness (QED) is 0.215. The van der Waals surface area contributed by atoms with E-state index in [0.29, 0.717) is 42.6 Å². The second kappa shape index (κ2) is 16.0. The fourth-order valence-electron chi connectivity index (χ4n) is 4.45. The van der Waals surface area contributed by atoms with Crippen molar-refractivity contribution in [1.82, 2.24) is 4.42 Å². The van der Waals surface area contributed by atoms with Crippen LogP contribution in [0.5, 0.6) is 11.5 Å². The third-order valence-electron chi connectivity index (χ3n) is 7.20. The number of ether oxygens (including phenoxy) is 4. The van der Waals surface area contributed by atoms with Crippen molar-refractivity contribution in [2.45, 2.75) is 57.8 Å². The summed E-state index contributed by atoms with van der Waals surface area (Å²) in [5.74, 6) is 1.38. The van der Waals surface area contributed by atoms with E-state index in [1.807, 2.05) is 36.4 Å². The summed E-state index contributed by atoms with van der Waals surface area (Å²) in [4.78, 5) is 13.2. The predicted octanol–water partition coefficient (Wildman–Crippen LogP) is 4.55. The zero-order valence-electron chi connectivity index (χ0n) is 24.1. The van der Waals surface area contributed by atoms with E-state index in [1.165, 1.54) is 7.11 Å². The van der Waals surface area contributed by atoms with Crippen LogP contribution in [0.3, 0.4) is 0 Å². The fraction of sp³-hybridized carbons (Fsp3) is 0.567. The first kappa shape index (κ1) is 32.8. The highest BCUT2D eigenvalue weighted by molar-refractivity contribution is 6.22. The van der Waals surface area contributed by atoms with Gasteiger partial charge in [0.1, 0.15) is 0 Å². The van der Waals surface area contributed by atoms with Crippen LogP contribution in [0.25, 0.3) is 0 Å². The Balaban J connectivity index is 2.05. The van der Waals surface area contributed by atoms with E-state index in [0.717, 1.165) is 22.8 Å². The molecule has 3 N–H and O–H groups in total. The maximum Gasteiger partial charge on any atom is 0.273 e. The summed E-state index contributed by atoms with van der Waals surface area (Å²) in [7, 11) is 4.74. The molecule has 0 unspecified atom stereocenters. The Morgan fingerprint density at radius 1 is 1.08 bits per heavy atom. The Labute approximate surface area is 238 Å². The van der Waals surface area contributed by atoms with Crippen LogP contribution in [0.4, 0.5) is 0 Å². The van der Waals surface area contributed by atoms with E-state index in [-0.39, 0.29) is 12.5 Å². The van der Waals surface area contributed by atoms with Gasteiger partial charge in [0.05, 0.1) is 26.4 Å². The van der Waals surface area contributed by atoms with Gasteiger partial charge in [-0.2, -0.15) is 0 Å². The van der Waals surface area contributed by atoms with Crippen molar-refractivity contribution in [3.8, 4) is 11.5 Å². The van der Waals surface area contributed by atoms with E-state index >= 15 is 0 Å². The number of amides is 1. The molecule has 0 aromatic heterocycles. The van der Waals surface area contributed by atoms with Crippen molar-refractivity contribution in [2.75, 3.05) is 41.1 Å². The molecular weight excluding hydrogens is 520 g/mol. The van der Waals surface area contributed by atoms with Gasteiger partial charge in [0.2, 0.25) is 0 Å². The first-order valence-corrected chi connectivity index (χ1v) is 13.7. The standard InChI is InChI=1S/C30H45ClN2O6/c1-21(2)23(17-22-13-14-27(37-5)28(18-22)39-16-10-15-36-4)19-25(32)26(34)20-33(31)29(35)30(3,38-6)24-11-8-7-9-12-24/h7-9,11-14,18,21,23,25-26,34H,10,15-17,19-20,32H2,1-6H3/t23-,25-,26-,30+/m0/s1. The summed E-state index contributed by atoms with van der Waals surface area (Å²) in [6.07, 6.45) is 1.06. The number of hydrogen-bond donors (Lipinski definition) is 2. The van der Waals surface area contributed by atoms with Gasteiger partial charge >= 0.3 is 0 Å². The molecule has 0 saturated heterocycles. The molecule has 2 aromatic carbocycles. The lowest BCUT2D eigenvalue weighted by Gasteiger charge is -2.33. The molecule has 4 atom stereocenters. The Morgan fingerprint density at radius 3 is 2.36 bits per heavy atom. The van der Waals surface area contributed by atoms with Crippen molar-refractivity contribution in [2.24, 2.45) is 17.6 Å². The van der Waals surface area contributed by atoms with E-state index < -0.39 is 23.7 Å². The lowest BCUT2D eigenvalue weighted by atomic mass is 9.83. The highest BCUT2D eigenvalue weighted by Gasteiger charge is 2.39. The minimum atomic E-state index is -1.29. The summed E-state index contributed by atoms with van der Waals surface area (Å²) < 4.78 is 23.0. The average molecular weight is 565 g/mol. The van der Waals surface area contributed by atoms with Gasteiger partial charge in [0, 0.05) is 45.1 Å². The van der Waals surface area contributed by atoms with Crippen LogP contribution >= 0.6 is 11.8 Å². The van der Waals surface area contributed by atoms with E-state index in [9.17, 15) is 9.90 Å². The number of carbonyl (C=O) groups excluding carboxylic acids is 1. The molecule has 0 bridgehead atoms. The summed E-state index contributed by atoms with van der Waals surface area (Å²) in [5.41, 5.74) is 6.92. The lowest BCUT2D eigenvalue weighted by Crippen LogP contribution is -2.48. The molecular formula is C30H45ClN2O6. The molecule has 0 aliphatic heterocycles. The number of halogens is 1. The Morgan fingerprint density at radius 2 is 1.77 bits per heavy atom. The number of benzene rings is 2. The molecule has 1 amide bonds. The van der Waals surface area contributed by atoms with Crippen LogP contribution in [-0.4, -0.2) is 68.7 Å². The molecule has 0 radical (unpaired) electrons. The maximum atomic E-state index is 13.2. The number of nitrogens with two attached hydrogens (primary N) is 1. The van der Waals surface area contributed by atoms with E-state index in [1.54, 1.807) is 33.3 Å². The Bertz CT molecular complexity index is 1010. The number of rotatable bonds is 17. The summed E-state index contributed by atoms with van der Waals surface area (Å²) in [6, 6.07) is 14.5. The molecule has 0 spiro atoms. The minimum Gasteiger partial charge on any atom is -0.493 e. The normalized spacial score (nSPS) is 15.3. The zero-order chi connectivity index (χ0) is 29.0. The lowest BCUT2D eigenvalue weighted by molar-refractivity contribution is -0.150. The summed E-state index contributed by atoms with van der Waals surface area (Å²) in [6.45, 7) is 6.96. The van der Waals surface area contributed by atoms with Gasteiger partial charge in [-0.25, -0.2) is 4.42 Å². The second-order valence-electron chi connectivity index (χ2n) is 10.3. The number of aliphatic hydroxyl groups excluding tert-OH is 1. The van der Waals surface area contributed by atoms with Crippen LogP contribution in [0, 0.1) is 11.8 Å². The van der Waals surface area contributed by atoms with E-state index in [2.05, 4.69) is 13.8 Å². The van der Waals surface area contributed by atoms with Crippen LogP contribution in [-0.2, 0) is 26.3 Å². The van der Waals surface area contributed by atoms with Gasteiger partial charge in [-0.3, -0.25) is 4.79 Å². The van der Waals surface area contributed by atoms with Crippen molar-refractivity contribution in [3.63, 3.8) is 0 Å². The molecule has 2 rings (SSSR count). The zero-order valence-corrected chi connectivity index (χ0v) is 24.8. The maximum absolute atomic E-state index is 13.2. The highest BCUT2D eigenvalue weighted by atomic mass is 35.5. The van der Waals surface area contributed by atoms with Crippen molar-refractivity contribution in [1.29, 1.82) is 0 Å². The SMILES string of the molecule is COCCCOc1cc(C[C@@H](C[C@H](N)[C@@H](O)CN(Cl)C(=O)[C@](C)(OC)c2ccccc2)C(C)C)ccc1OC. The average Bonchev–Trinajstić information content (AvgIpc) is 2.94. The molecule has 0 fully saturated rings. The molecule has 0 saturated carbocycles. The largest absolute Gasteiger partial charge is 0.493 e. The summed E-state index contributed by atoms with van der Waals surface area (Å²) >= 11 is 6.37. The van der Waals surface area contributed by atoms with E-state index in [4.69, 9.17) is 36.5 Å². The second-order valence-corrected chi connectivity index (χ2v) is 10.7. The first-order chi connectivity index (χ1) is 18.6. The van der Waals surface area contributed by atoms with Gasteiger partial charge in [-0.15, -0.1) is 0 Å². The first-order valence-electron chi connectivity index (χ1n) is 13.4. The Kier molecular flexibility index (Phi) is 13.5. The molecule has 218 valence electrons. The molecule has 39 heavy (non-hydrogen) atoms. The van der Waals surface area contributed by atoms with Crippen molar-refractivity contribution < 1.29 is 28.8 Å². The molecule has 0 aliphatic rings. The third-order valence-corrected chi connectivity index (χ3v) is 7.49. The van der Waals surface area contributed by atoms with Crippen LogP contribution in [0.1, 0.15) is 44.7 Å². The van der Waals surface area contributed by atoms with Gasteiger partial charge in [-0.05, 0) is 54.9 Å². The number of hydrogen-bond acceptors (Lipinski definition) is 7. The number of carbonyl (C=O) groups is 1. The number of nitrogens with zero attached hydrogens (tertiary/aromatic N) is 1. The summed E-state index contributed by atoms with van der Waals surface area (Å²) in [5, 5.41) is 10.9. The Hall–Kier alpha value is -2.36. The monoisotopic (exact) mass is 564 g/mol. The van der Waals surface area contributed by atoms with Gasteiger partial charge < -0.3 is 29.8 Å².